The van der Waals surface area contributed by atoms with Crippen LogP contribution in [0.2, 0.25) is 0 Å². The minimum Gasteiger partial charge on any atom is -0.378 e. The molecule has 0 fully saturated rings. The third-order valence-corrected chi connectivity index (χ3v) is 3.77. The van der Waals surface area contributed by atoms with Gasteiger partial charge in [0, 0.05) is 19.8 Å². The molecule has 0 unspecified atom stereocenters. The second-order valence-electron chi connectivity index (χ2n) is 5.46. The standard InChI is InChI=1S/C19H19N/c1-14-12-16(19-7-5-4-6-18(14)19)13-15-8-10-17(11-9-15)20(2)3/h4-13H,1-3H3/b16-13+. The third-order valence-electron chi connectivity index (χ3n) is 3.77. The van der Waals surface area contributed by atoms with Gasteiger partial charge in [-0.15, -0.1) is 0 Å². The summed E-state index contributed by atoms with van der Waals surface area (Å²) in [7, 11) is 4.12. The fourth-order valence-corrected chi connectivity index (χ4v) is 2.64. The number of hydrogen-bond donors (Lipinski definition) is 0. The van der Waals surface area contributed by atoms with Gasteiger partial charge in [-0.3, -0.25) is 0 Å². The Labute approximate surface area is 120 Å². The molecule has 2 aromatic rings. The first-order valence-corrected chi connectivity index (χ1v) is 6.92. The molecule has 0 heterocycles. The second-order valence-corrected chi connectivity index (χ2v) is 5.46. The molecule has 0 saturated heterocycles. The summed E-state index contributed by atoms with van der Waals surface area (Å²) in [5.74, 6) is 0. The van der Waals surface area contributed by atoms with Gasteiger partial charge >= 0.3 is 0 Å². The van der Waals surface area contributed by atoms with E-state index in [2.05, 4.69) is 86.6 Å². The van der Waals surface area contributed by atoms with Crippen LogP contribution in [0.3, 0.4) is 0 Å². The van der Waals surface area contributed by atoms with Crippen molar-refractivity contribution in [2.75, 3.05) is 19.0 Å². The summed E-state index contributed by atoms with van der Waals surface area (Å²) in [6.45, 7) is 2.18. The first-order valence-electron chi connectivity index (χ1n) is 6.92. The molecule has 1 heteroatoms. The Morgan fingerprint density at radius 1 is 0.850 bits per heavy atom. The van der Waals surface area contributed by atoms with Gasteiger partial charge in [0.1, 0.15) is 0 Å². The maximum absolute atomic E-state index is 2.27. The van der Waals surface area contributed by atoms with Gasteiger partial charge in [0.25, 0.3) is 0 Å². The smallest absolute Gasteiger partial charge is 0.0361 e. The van der Waals surface area contributed by atoms with Crippen LogP contribution < -0.4 is 4.90 Å². The lowest BCUT2D eigenvalue weighted by molar-refractivity contribution is 1.13. The molecular weight excluding hydrogens is 242 g/mol. The highest BCUT2D eigenvalue weighted by Gasteiger charge is 2.14. The van der Waals surface area contributed by atoms with E-state index in [0.29, 0.717) is 0 Å². The Kier molecular flexibility index (Phi) is 3.19. The van der Waals surface area contributed by atoms with Crippen molar-refractivity contribution in [3.8, 4) is 0 Å². The summed E-state index contributed by atoms with van der Waals surface area (Å²) in [4.78, 5) is 2.12. The van der Waals surface area contributed by atoms with Crippen molar-refractivity contribution in [2.45, 2.75) is 6.92 Å². The Morgan fingerprint density at radius 2 is 1.50 bits per heavy atom. The summed E-state index contributed by atoms with van der Waals surface area (Å²) in [5, 5.41) is 0. The van der Waals surface area contributed by atoms with Gasteiger partial charge in [-0.05, 0) is 53.0 Å². The number of nitrogens with zero attached hydrogens (tertiary/aromatic N) is 1. The van der Waals surface area contributed by atoms with E-state index in [1.807, 2.05) is 0 Å². The molecule has 1 aliphatic rings. The van der Waals surface area contributed by atoms with Gasteiger partial charge in [0.05, 0.1) is 0 Å². The second kappa shape index (κ2) is 5.01. The van der Waals surface area contributed by atoms with Gasteiger partial charge in [-0.1, -0.05) is 42.5 Å². The van der Waals surface area contributed by atoms with E-state index in [9.17, 15) is 0 Å². The molecule has 100 valence electrons. The average Bonchev–Trinajstić information content (AvgIpc) is 2.77. The van der Waals surface area contributed by atoms with Crippen molar-refractivity contribution in [2.24, 2.45) is 0 Å². The molecule has 0 radical (unpaired) electrons. The highest BCUT2D eigenvalue weighted by molar-refractivity contribution is 6.01. The molecule has 20 heavy (non-hydrogen) atoms. The lowest BCUT2D eigenvalue weighted by Crippen LogP contribution is -2.07. The first kappa shape index (κ1) is 12.7. The van der Waals surface area contributed by atoms with Gasteiger partial charge in [-0.25, -0.2) is 0 Å². The molecular formula is C19H19N. The Morgan fingerprint density at radius 3 is 2.15 bits per heavy atom. The van der Waals surface area contributed by atoms with Crippen LogP contribution in [0.15, 0.2) is 54.6 Å². The van der Waals surface area contributed by atoms with Gasteiger partial charge in [0.15, 0.2) is 0 Å². The van der Waals surface area contributed by atoms with E-state index in [1.54, 1.807) is 0 Å². The Bertz CT molecular complexity index is 688. The molecule has 0 saturated carbocycles. The van der Waals surface area contributed by atoms with E-state index in [-0.39, 0.29) is 0 Å². The molecule has 0 aliphatic heterocycles. The summed E-state index contributed by atoms with van der Waals surface area (Å²) >= 11 is 0. The van der Waals surface area contributed by atoms with Crippen molar-refractivity contribution < 1.29 is 0 Å². The molecule has 0 atom stereocenters. The zero-order chi connectivity index (χ0) is 14.1. The molecule has 0 aromatic heterocycles. The molecule has 1 nitrogen and oxygen atoms in total. The van der Waals surface area contributed by atoms with Crippen molar-refractivity contribution in [3.63, 3.8) is 0 Å². The minimum atomic E-state index is 1.23. The monoisotopic (exact) mass is 261 g/mol. The summed E-state index contributed by atoms with van der Waals surface area (Å²) in [5.41, 5.74) is 7.80. The van der Waals surface area contributed by atoms with Gasteiger partial charge in [-0.2, -0.15) is 0 Å². The lowest BCUT2D eigenvalue weighted by atomic mass is 10.0. The number of hydrogen-bond acceptors (Lipinski definition) is 1. The lowest BCUT2D eigenvalue weighted by Gasteiger charge is -2.12. The fraction of sp³-hybridized carbons (Fsp3) is 0.158. The third kappa shape index (κ3) is 2.27. The molecule has 0 amide bonds. The highest BCUT2D eigenvalue weighted by atomic mass is 15.1. The number of anilines is 1. The van der Waals surface area contributed by atoms with Gasteiger partial charge < -0.3 is 4.90 Å². The molecule has 1 aliphatic carbocycles. The fourth-order valence-electron chi connectivity index (χ4n) is 2.64. The van der Waals surface area contributed by atoms with E-state index >= 15 is 0 Å². The molecule has 0 N–H and O–H groups in total. The number of rotatable bonds is 2. The van der Waals surface area contributed by atoms with Crippen LogP contribution in [0.5, 0.6) is 0 Å². The van der Waals surface area contributed by atoms with Crippen molar-refractivity contribution in [3.05, 3.63) is 71.3 Å². The minimum absolute atomic E-state index is 1.23. The first-order chi connectivity index (χ1) is 9.65. The summed E-state index contributed by atoms with van der Waals surface area (Å²) in [6, 6.07) is 17.3. The predicted molar refractivity (Wildman–Crippen MR) is 88.7 cm³/mol. The topological polar surface area (TPSA) is 3.24 Å². The zero-order valence-corrected chi connectivity index (χ0v) is 12.2. The van der Waals surface area contributed by atoms with Crippen LogP contribution in [0.1, 0.15) is 23.6 Å². The predicted octanol–water partition coefficient (Wildman–Crippen LogP) is 4.71. The van der Waals surface area contributed by atoms with Gasteiger partial charge in [0.2, 0.25) is 0 Å². The zero-order valence-electron chi connectivity index (χ0n) is 12.2. The Balaban J connectivity index is 1.98. The quantitative estimate of drug-likeness (QED) is 0.756. The number of fused-ring (bicyclic) bond motifs is 1. The van der Waals surface area contributed by atoms with Crippen LogP contribution in [-0.2, 0) is 0 Å². The largest absolute Gasteiger partial charge is 0.378 e. The number of benzene rings is 2. The van der Waals surface area contributed by atoms with Crippen LogP contribution in [-0.4, -0.2) is 14.1 Å². The summed E-state index contributed by atoms with van der Waals surface area (Å²) < 4.78 is 0. The van der Waals surface area contributed by atoms with Crippen molar-refractivity contribution >= 4 is 22.9 Å². The van der Waals surface area contributed by atoms with Crippen LogP contribution in [0, 0.1) is 0 Å². The van der Waals surface area contributed by atoms with Crippen molar-refractivity contribution in [1.29, 1.82) is 0 Å². The van der Waals surface area contributed by atoms with E-state index in [4.69, 9.17) is 0 Å². The van der Waals surface area contributed by atoms with Crippen molar-refractivity contribution in [1.82, 2.24) is 0 Å². The van der Waals surface area contributed by atoms with E-state index in [0.717, 1.165) is 0 Å². The summed E-state index contributed by atoms with van der Waals surface area (Å²) in [6.07, 6.45) is 4.53. The molecule has 2 aromatic carbocycles. The highest BCUT2D eigenvalue weighted by Crippen LogP contribution is 2.35. The Hall–Kier alpha value is -2.28. The maximum Gasteiger partial charge on any atom is 0.0361 e. The molecule has 0 spiro atoms. The SMILES string of the molecule is CC1=C/C(=C\c2ccc(N(C)C)cc2)c2ccccc21. The normalized spacial score (nSPS) is 15.2. The van der Waals surface area contributed by atoms with E-state index < -0.39 is 0 Å². The van der Waals surface area contributed by atoms with Crippen LogP contribution >= 0.6 is 0 Å². The average molecular weight is 261 g/mol. The molecule has 0 bridgehead atoms. The molecule has 3 rings (SSSR count). The van der Waals surface area contributed by atoms with Crippen LogP contribution in [0.25, 0.3) is 17.2 Å². The van der Waals surface area contributed by atoms with Crippen LogP contribution in [0.4, 0.5) is 5.69 Å². The number of allylic oxidation sites excluding steroid dienone is 3. The van der Waals surface area contributed by atoms with E-state index in [1.165, 1.54) is 33.5 Å². The maximum atomic E-state index is 2.27.